The number of hydrogen-bond donors (Lipinski definition) is 4. The minimum Gasteiger partial charge on any atom is -0.395 e. The van der Waals surface area contributed by atoms with Crippen molar-refractivity contribution in [2.75, 3.05) is 25.0 Å². The molecular formula is C15H24N4O. The third kappa shape index (κ3) is 3.29. The number of anilines is 1. The van der Waals surface area contributed by atoms with E-state index in [4.69, 9.17) is 5.11 Å². The van der Waals surface area contributed by atoms with Crippen LogP contribution >= 0.6 is 0 Å². The van der Waals surface area contributed by atoms with Gasteiger partial charge in [0.15, 0.2) is 0 Å². The molecule has 1 unspecified atom stereocenters. The molecule has 0 spiro atoms. The molecule has 5 heteroatoms. The van der Waals surface area contributed by atoms with Gasteiger partial charge in [-0.05, 0) is 43.9 Å². The molecule has 20 heavy (non-hydrogen) atoms. The third-order valence-corrected chi connectivity index (χ3v) is 4.34. The highest BCUT2D eigenvalue weighted by atomic mass is 16.3. The van der Waals surface area contributed by atoms with Gasteiger partial charge >= 0.3 is 0 Å². The van der Waals surface area contributed by atoms with E-state index in [-0.39, 0.29) is 12.6 Å². The molecule has 3 heterocycles. The Hall–Kier alpha value is -1.17. The molecule has 0 amide bonds. The highest BCUT2D eigenvalue weighted by Crippen LogP contribution is 2.26. The second-order valence-corrected chi connectivity index (χ2v) is 5.83. The lowest BCUT2D eigenvalue weighted by Gasteiger charge is -2.15. The fourth-order valence-electron chi connectivity index (χ4n) is 3.10. The summed E-state index contributed by atoms with van der Waals surface area (Å²) in [6.45, 7) is 2.30. The van der Waals surface area contributed by atoms with E-state index in [1.165, 1.54) is 18.4 Å². The van der Waals surface area contributed by atoms with Crippen molar-refractivity contribution in [3.8, 4) is 0 Å². The Bertz CT molecular complexity index is 416. The zero-order chi connectivity index (χ0) is 13.8. The Morgan fingerprint density at radius 3 is 2.85 bits per heavy atom. The standard InChI is InChI=1S/C15H24N4O/c20-10-13-4-5-14(19-13)11-3-6-15(17-8-11)18-9-12-2-1-7-16-12/h3,6,8,12-14,16,19-20H,1-2,4-5,7,9-10H2,(H,17,18)/t12-,13-,14?/m0/s1. The van der Waals surface area contributed by atoms with Crippen LogP contribution in [0.1, 0.15) is 37.3 Å². The molecule has 3 atom stereocenters. The smallest absolute Gasteiger partial charge is 0.125 e. The van der Waals surface area contributed by atoms with Crippen LogP contribution in [0, 0.1) is 0 Å². The lowest BCUT2D eigenvalue weighted by Crippen LogP contribution is -2.29. The highest BCUT2D eigenvalue weighted by Gasteiger charge is 2.24. The van der Waals surface area contributed by atoms with E-state index in [0.717, 1.165) is 31.7 Å². The molecule has 0 aliphatic carbocycles. The second kappa shape index (κ2) is 6.52. The van der Waals surface area contributed by atoms with Crippen molar-refractivity contribution in [2.24, 2.45) is 0 Å². The van der Waals surface area contributed by atoms with Gasteiger partial charge in [-0.25, -0.2) is 4.98 Å². The number of aliphatic hydroxyl groups is 1. The van der Waals surface area contributed by atoms with Crippen LogP contribution in [0.25, 0.3) is 0 Å². The molecule has 0 aromatic carbocycles. The van der Waals surface area contributed by atoms with Crippen molar-refractivity contribution in [1.82, 2.24) is 15.6 Å². The van der Waals surface area contributed by atoms with E-state index < -0.39 is 0 Å². The van der Waals surface area contributed by atoms with Gasteiger partial charge in [-0.3, -0.25) is 0 Å². The van der Waals surface area contributed by atoms with E-state index in [1.807, 2.05) is 6.20 Å². The van der Waals surface area contributed by atoms with Crippen molar-refractivity contribution < 1.29 is 5.11 Å². The topological polar surface area (TPSA) is 69.2 Å². The minimum atomic E-state index is 0.220. The molecular weight excluding hydrogens is 252 g/mol. The Kier molecular flexibility index (Phi) is 4.50. The molecule has 2 aliphatic rings. The van der Waals surface area contributed by atoms with Gasteiger partial charge in [0.1, 0.15) is 5.82 Å². The Morgan fingerprint density at radius 2 is 2.20 bits per heavy atom. The first-order chi connectivity index (χ1) is 9.85. The maximum atomic E-state index is 9.15. The second-order valence-electron chi connectivity index (χ2n) is 5.83. The summed E-state index contributed by atoms with van der Waals surface area (Å²) in [7, 11) is 0. The molecule has 1 aromatic heterocycles. The summed E-state index contributed by atoms with van der Waals surface area (Å²) >= 11 is 0. The van der Waals surface area contributed by atoms with Crippen molar-refractivity contribution in [3.05, 3.63) is 23.9 Å². The summed E-state index contributed by atoms with van der Waals surface area (Å²) in [5.74, 6) is 0.944. The number of hydrogen-bond acceptors (Lipinski definition) is 5. The molecule has 4 N–H and O–H groups in total. The molecule has 3 rings (SSSR count). The van der Waals surface area contributed by atoms with E-state index >= 15 is 0 Å². The minimum absolute atomic E-state index is 0.220. The van der Waals surface area contributed by atoms with Crippen molar-refractivity contribution in [2.45, 2.75) is 43.8 Å². The van der Waals surface area contributed by atoms with E-state index in [0.29, 0.717) is 12.1 Å². The number of pyridine rings is 1. The number of rotatable bonds is 5. The first-order valence-electron chi connectivity index (χ1n) is 7.65. The van der Waals surface area contributed by atoms with Crippen LogP contribution in [0.4, 0.5) is 5.82 Å². The molecule has 0 bridgehead atoms. The quantitative estimate of drug-likeness (QED) is 0.647. The molecule has 2 aliphatic heterocycles. The summed E-state index contributed by atoms with van der Waals surface area (Å²) < 4.78 is 0. The average Bonchev–Trinajstić information content (AvgIpc) is 3.17. The van der Waals surface area contributed by atoms with Gasteiger partial charge in [0.25, 0.3) is 0 Å². The van der Waals surface area contributed by atoms with Gasteiger partial charge < -0.3 is 21.1 Å². The Morgan fingerprint density at radius 1 is 1.25 bits per heavy atom. The fourth-order valence-corrected chi connectivity index (χ4v) is 3.10. The third-order valence-electron chi connectivity index (χ3n) is 4.34. The van der Waals surface area contributed by atoms with Crippen LogP contribution in [-0.2, 0) is 0 Å². The summed E-state index contributed by atoms with van der Waals surface area (Å²) in [5.41, 5.74) is 1.21. The number of aromatic nitrogens is 1. The van der Waals surface area contributed by atoms with Crippen molar-refractivity contribution >= 4 is 5.82 Å². The summed E-state index contributed by atoms with van der Waals surface area (Å²) in [4.78, 5) is 4.49. The predicted molar refractivity (Wildman–Crippen MR) is 79.7 cm³/mol. The van der Waals surface area contributed by atoms with Gasteiger partial charge in [0, 0.05) is 30.9 Å². The van der Waals surface area contributed by atoms with E-state index in [2.05, 4.69) is 33.1 Å². The first-order valence-corrected chi connectivity index (χ1v) is 7.65. The maximum absolute atomic E-state index is 9.15. The van der Waals surface area contributed by atoms with Gasteiger partial charge in [-0.15, -0.1) is 0 Å². The van der Waals surface area contributed by atoms with Crippen molar-refractivity contribution in [3.63, 3.8) is 0 Å². The van der Waals surface area contributed by atoms with Crippen molar-refractivity contribution in [1.29, 1.82) is 0 Å². The molecule has 5 nitrogen and oxygen atoms in total. The van der Waals surface area contributed by atoms with Crippen LogP contribution in [-0.4, -0.2) is 41.9 Å². The van der Waals surface area contributed by atoms with E-state index in [1.54, 1.807) is 0 Å². The van der Waals surface area contributed by atoms with Gasteiger partial charge in [-0.1, -0.05) is 6.07 Å². The van der Waals surface area contributed by atoms with Crippen LogP contribution < -0.4 is 16.0 Å². The maximum Gasteiger partial charge on any atom is 0.125 e. The molecule has 2 saturated heterocycles. The van der Waals surface area contributed by atoms with Gasteiger partial charge in [0.05, 0.1) is 6.61 Å². The first kappa shape index (κ1) is 13.8. The zero-order valence-corrected chi connectivity index (χ0v) is 11.8. The monoisotopic (exact) mass is 276 g/mol. The van der Waals surface area contributed by atoms with Gasteiger partial charge in [-0.2, -0.15) is 0 Å². The predicted octanol–water partition coefficient (Wildman–Crippen LogP) is 1.03. The SMILES string of the molecule is OC[C@@H]1CCC(c2ccc(NC[C@@H]3CCCN3)nc2)N1. The number of nitrogens with zero attached hydrogens (tertiary/aromatic N) is 1. The lowest BCUT2D eigenvalue weighted by molar-refractivity contribution is 0.251. The number of nitrogens with one attached hydrogen (secondary N) is 3. The van der Waals surface area contributed by atoms with Crippen LogP contribution in [0.2, 0.25) is 0 Å². The largest absolute Gasteiger partial charge is 0.395 e. The molecule has 0 saturated carbocycles. The Balaban J connectivity index is 1.52. The van der Waals surface area contributed by atoms with Crippen LogP contribution in [0.3, 0.4) is 0 Å². The fraction of sp³-hybridized carbons (Fsp3) is 0.667. The number of aliphatic hydroxyl groups excluding tert-OH is 1. The normalized spacial score (nSPS) is 29.8. The average molecular weight is 276 g/mol. The summed E-state index contributed by atoms with van der Waals surface area (Å²) in [6.07, 6.45) is 6.58. The van der Waals surface area contributed by atoms with E-state index in [9.17, 15) is 0 Å². The molecule has 2 fully saturated rings. The lowest BCUT2D eigenvalue weighted by atomic mass is 10.1. The van der Waals surface area contributed by atoms with Gasteiger partial charge in [0.2, 0.25) is 0 Å². The summed E-state index contributed by atoms with van der Waals surface area (Å²) in [6, 6.07) is 5.35. The Labute approximate surface area is 120 Å². The molecule has 110 valence electrons. The van der Waals surface area contributed by atoms with Crippen LogP contribution in [0.15, 0.2) is 18.3 Å². The highest BCUT2D eigenvalue weighted by molar-refractivity contribution is 5.36. The molecule has 1 aromatic rings. The zero-order valence-electron chi connectivity index (χ0n) is 11.8. The van der Waals surface area contributed by atoms with Crippen LogP contribution in [0.5, 0.6) is 0 Å². The summed E-state index contributed by atoms with van der Waals surface area (Å²) in [5, 5.41) is 19.4. The molecule has 0 radical (unpaired) electrons.